The second-order valence-corrected chi connectivity index (χ2v) is 18.5. The number of aliphatic hydroxyl groups is 2. The van der Waals surface area contributed by atoms with Crippen molar-refractivity contribution in [2.45, 2.75) is 82.8 Å². The fourth-order valence-electron chi connectivity index (χ4n) is 11.2. The van der Waals surface area contributed by atoms with Crippen LogP contribution in [0.1, 0.15) is 50.2 Å². The number of fused-ring (bicyclic) bond motifs is 8. The second-order valence-electron chi connectivity index (χ2n) is 18.5. The highest BCUT2D eigenvalue weighted by Crippen LogP contribution is 2.72. The first kappa shape index (κ1) is 38.3. The Morgan fingerprint density at radius 3 is 1.79 bits per heavy atom. The zero-order valence-electron chi connectivity index (χ0n) is 35.2. The summed E-state index contributed by atoms with van der Waals surface area (Å²) in [6.45, 7) is 8.90. The smallest absolute Gasteiger partial charge is 0.163 e. The Bertz CT molecular complexity index is 3100. The van der Waals surface area contributed by atoms with E-state index in [0.717, 1.165) is 57.7 Å². The Balaban J connectivity index is 0.000000134. The van der Waals surface area contributed by atoms with Gasteiger partial charge in [-0.2, -0.15) is 0 Å². The number of hydrogen-bond donors (Lipinski definition) is 4. The van der Waals surface area contributed by atoms with Crippen molar-refractivity contribution in [3.05, 3.63) is 97.6 Å². The lowest BCUT2D eigenvalue weighted by Gasteiger charge is -2.24. The molecule has 0 radical (unpaired) electrons. The molecule has 1 aliphatic heterocycles. The first-order valence-electron chi connectivity index (χ1n) is 21.3. The number of nitrogen functional groups attached to an aromatic ring is 2. The molecule has 0 amide bonds. The van der Waals surface area contributed by atoms with Crippen molar-refractivity contribution in [3.8, 4) is 11.5 Å². The Hall–Kier alpha value is -6.34. The highest BCUT2D eigenvalue weighted by atomic mass is 16.8. The molecule has 10 atom stereocenters. The summed E-state index contributed by atoms with van der Waals surface area (Å²) in [5.74, 6) is 2.23. The predicted octanol–water partition coefficient (Wildman–Crippen LogP) is 4.46. The molecule has 4 aliphatic carbocycles. The maximum atomic E-state index is 10.9. The van der Waals surface area contributed by atoms with Gasteiger partial charge in [0.25, 0.3) is 0 Å². The van der Waals surface area contributed by atoms with E-state index < -0.39 is 23.4 Å². The summed E-state index contributed by atoms with van der Waals surface area (Å²) in [6.07, 6.45) is 14.4. The normalized spacial score (nSPS) is 31.0. The van der Waals surface area contributed by atoms with Gasteiger partial charge in [0.15, 0.2) is 5.79 Å². The van der Waals surface area contributed by atoms with Crippen molar-refractivity contribution in [1.82, 2.24) is 47.8 Å². The molecule has 0 spiro atoms. The van der Waals surface area contributed by atoms with Crippen LogP contribution in [0.3, 0.4) is 0 Å². The number of ether oxygens (including phenoxy) is 4. The molecule has 0 unspecified atom stereocenters. The van der Waals surface area contributed by atoms with E-state index >= 15 is 0 Å². The number of aliphatic hydroxyl groups excluding tert-OH is 2. The van der Waals surface area contributed by atoms with Crippen LogP contribution in [0.5, 0.6) is 11.5 Å². The molecule has 8 aromatic heterocycles. The maximum absolute atomic E-state index is 10.9. The third-order valence-electron chi connectivity index (χ3n) is 14.6. The van der Waals surface area contributed by atoms with E-state index in [4.69, 9.17) is 30.4 Å². The summed E-state index contributed by atoms with van der Waals surface area (Å²) < 4.78 is 33.5. The first-order chi connectivity index (χ1) is 30.4. The van der Waals surface area contributed by atoms with Crippen LogP contribution in [0.15, 0.2) is 86.2 Å². The van der Waals surface area contributed by atoms with Crippen LogP contribution in [-0.2, 0) is 9.47 Å². The third-order valence-corrected chi connectivity index (χ3v) is 14.6. The van der Waals surface area contributed by atoms with Crippen molar-refractivity contribution in [1.29, 1.82) is 0 Å². The van der Waals surface area contributed by atoms with Gasteiger partial charge in [-0.05, 0) is 76.6 Å². The molecule has 1 saturated heterocycles. The molecule has 63 heavy (non-hydrogen) atoms. The molecule has 4 saturated carbocycles. The van der Waals surface area contributed by atoms with Crippen LogP contribution in [0.4, 0.5) is 11.6 Å². The van der Waals surface area contributed by atoms with Gasteiger partial charge in [-0.15, -0.1) is 0 Å². The summed E-state index contributed by atoms with van der Waals surface area (Å²) in [7, 11) is 0. The van der Waals surface area contributed by atoms with Gasteiger partial charge < -0.3 is 58.6 Å². The standard InChI is InChI=1S/C24H26N6O3.C21H22N6O3/c1-13-10-26-17-8-14(4-6-29(13)17)31-11-24-9-16(24)18(19-20(24)33-23(2,3)32-19)30-7-5-15-21(25)27-12-28-22(15)30;1-11-8-23-15-6-12(2-4-26(11)15)30-9-21-7-14(21)16(17(28)18(21)29)27-5-3-13-19(22)24-10-25-20(13)27/h4-8,10,12,16,18-20H,9,11H2,1-3H3,(H2,25,27,28);2-6,8,10,14,16-18,28-29H,7,9H2,1H3,(H2,22,24,25)/t16-,18-,19+,20+,24+;14-,16-,17+,18+,21+/m11/s1. The Morgan fingerprint density at radius 2 is 1.21 bits per heavy atom. The lowest BCUT2D eigenvalue weighted by atomic mass is 10.0. The first-order valence-corrected chi connectivity index (χ1v) is 21.3. The lowest BCUT2D eigenvalue weighted by Crippen LogP contribution is -2.36. The van der Waals surface area contributed by atoms with Crippen molar-refractivity contribution < 1.29 is 29.2 Å². The minimum Gasteiger partial charge on any atom is -0.493 e. The molecule has 0 aromatic carbocycles. The summed E-state index contributed by atoms with van der Waals surface area (Å²) >= 11 is 0. The van der Waals surface area contributed by atoms with Gasteiger partial charge in [0, 0.05) is 71.5 Å². The third kappa shape index (κ3) is 5.70. The number of rotatable bonds is 8. The SMILES string of the molecule is Cc1cnc2cc(OC[C@@]34C[C@@H]3[C@@H](n3ccc5c(N)ncnc53)[C@@H]3OC(C)(C)O[C@@H]34)ccn12.Cc1cnc2cc(OC[C@@]34C[C@@H]3[C@@H](n3ccc5c(N)ncnc53)[C@H](O)[C@@H]4O)ccn12. The molecule has 0 bridgehead atoms. The Morgan fingerprint density at radius 1 is 0.683 bits per heavy atom. The van der Waals surface area contributed by atoms with E-state index in [-0.39, 0.29) is 35.6 Å². The topological polar surface area (TPSA) is 225 Å². The quantitative estimate of drug-likeness (QED) is 0.166. The summed E-state index contributed by atoms with van der Waals surface area (Å²) in [4.78, 5) is 25.9. The highest BCUT2D eigenvalue weighted by Gasteiger charge is 2.76. The van der Waals surface area contributed by atoms with Crippen LogP contribution in [0.25, 0.3) is 33.4 Å². The number of anilines is 2. The summed E-state index contributed by atoms with van der Waals surface area (Å²) in [5, 5.41) is 23.4. The van der Waals surface area contributed by atoms with E-state index in [2.05, 4.69) is 40.7 Å². The minimum atomic E-state index is -0.906. The molecule has 8 aromatic rings. The molecule has 324 valence electrons. The molecule has 18 nitrogen and oxygen atoms in total. The fourth-order valence-corrected chi connectivity index (χ4v) is 11.2. The molecule has 13 rings (SSSR count). The summed E-state index contributed by atoms with van der Waals surface area (Å²) in [6, 6.07) is 11.4. The number of imidazole rings is 2. The zero-order valence-corrected chi connectivity index (χ0v) is 35.2. The summed E-state index contributed by atoms with van der Waals surface area (Å²) in [5.41, 5.74) is 16.8. The maximum Gasteiger partial charge on any atom is 0.163 e. The number of nitrogens with zero attached hydrogens (tertiary/aromatic N) is 10. The van der Waals surface area contributed by atoms with Crippen LogP contribution < -0.4 is 20.9 Å². The van der Waals surface area contributed by atoms with Gasteiger partial charge in [0.2, 0.25) is 0 Å². The lowest BCUT2D eigenvalue weighted by molar-refractivity contribution is -0.162. The van der Waals surface area contributed by atoms with Crippen molar-refractivity contribution >= 4 is 45.0 Å². The van der Waals surface area contributed by atoms with Crippen molar-refractivity contribution in [2.24, 2.45) is 22.7 Å². The molecular weight excluding hydrogens is 805 g/mol. The fraction of sp³-hybridized carbons (Fsp3) is 0.422. The van der Waals surface area contributed by atoms with Gasteiger partial charge >= 0.3 is 0 Å². The van der Waals surface area contributed by atoms with Gasteiger partial charge in [-0.25, -0.2) is 29.9 Å². The zero-order chi connectivity index (χ0) is 43.2. The number of nitrogens with two attached hydrogens (primary N) is 2. The Labute approximate surface area is 360 Å². The molecule has 18 heteroatoms. The minimum absolute atomic E-state index is 0.0449. The monoisotopic (exact) mass is 852 g/mol. The second kappa shape index (κ2) is 13.3. The molecule has 6 N–H and O–H groups in total. The average molecular weight is 853 g/mol. The van der Waals surface area contributed by atoms with E-state index in [0.29, 0.717) is 42.2 Å². The van der Waals surface area contributed by atoms with Gasteiger partial charge in [0.1, 0.15) is 70.6 Å². The largest absolute Gasteiger partial charge is 0.493 e. The number of hydrogen-bond acceptors (Lipinski definition) is 14. The number of aryl methyl sites for hydroxylation is 2. The van der Waals surface area contributed by atoms with Crippen LogP contribution in [-0.4, -0.2) is 101 Å². The number of aromatic nitrogens is 10. The van der Waals surface area contributed by atoms with E-state index in [1.165, 1.54) is 12.7 Å². The van der Waals surface area contributed by atoms with Gasteiger partial charge in [-0.3, -0.25) is 0 Å². The van der Waals surface area contributed by atoms with Crippen molar-refractivity contribution in [2.75, 3.05) is 24.7 Å². The molecule has 5 fully saturated rings. The predicted molar refractivity (Wildman–Crippen MR) is 230 cm³/mol. The molecule has 5 aliphatic rings. The van der Waals surface area contributed by atoms with Crippen LogP contribution in [0.2, 0.25) is 0 Å². The van der Waals surface area contributed by atoms with Gasteiger partial charge in [0.05, 0.1) is 48.3 Å². The van der Waals surface area contributed by atoms with E-state index in [1.54, 1.807) is 0 Å². The van der Waals surface area contributed by atoms with Crippen LogP contribution >= 0.6 is 0 Å². The van der Waals surface area contributed by atoms with E-state index in [9.17, 15) is 10.2 Å². The van der Waals surface area contributed by atoms with Gasteiger partial charge in [-0.1, -0.05) is 0 Å². The molecular formula is C45H48N12O6. The van der Waals surface area contributed by atoms with Crippen molar-refractivity contribution in [3.63, 3.8) is 0 Å². The Kier molecular flexibility index (Phi) is 8.12. The van der Waals surface area contributed by atoms with Crippen LogP contribution in [0, 0.1) is 36.5 Å². The number of pyridine rings is 2. The van der Waals surface area contributed by atoms with E-state index in [1.807, 2.05) is 108 Å². The average Bonchev–Trinajstić information content (AvgIpc) is 3.57. The highest BCUT2D eigenvalue weighted by molar-refractivity contribution is 5.87. The molecule has 9 heterocycles.